The van der Waals surface area contributed by atoms with E-state index in [4.69, 9.17) is 4.74 Å². The summed E-state index contributed by atoms with van der Waals surface area (Å²) in [6, 6.07) is 0.926. The third-order valence-corrected chi connectivity index (χ3v) is 3.54. The zero-order valence-corrected chi connectivity index (χ0v) is 11.9. The minimum atomic E-state index is -2.72. The lowest BCUT2D eigenvalue weighted by atomic mass is 9.92. The van der Waals surface area contributed by atoms with Gasteiger partial charge in [0.05, 0.1) is 12.1 Å². The van der Waals surface area contributed by atoms with Gasteiger partial charge in [-0.25, -0.2) is 18.7 Å². The van der Waals surface area contributed by atoms with Crippen LogP contribution >= 0.6 is 0 Å². The molecule has 1 N–H and O–H groups in total. The summed E-state index contributed by atoms with van der Waals surface area (Å²) >= 11 is 0. The third-order valence-electron chi connectivity index (χ3n) is 3.54. The van der Waals surface area contributed by atoms with E-state index in [0.717, 1.165) is 38.1 Å². The molecule has 1 heterocycles. The standard InChI is InChI=1S/C14H19F2N3O2/c1-2-21-12-6-4-3-5-9(12)19-14(20)11-7-10(13(15)16)17-8-18-11/h7-9,12-13H,2-6H2,1H3,(H,19,20)/t9-,12-/m1/s1. The fraction of sp³-hybridized carbons (Fsp3) is 0.643. The highest BCUT2D eigenvalue weighted by atomic mass is 19.3. The number of nitrogens with zero attached hydrogens (tertiary/aromatic N) is 2. The molecule has 0 saturated heterocycles. The molecule has 1 aromatic rings. The SMILES string of the molecule is CCO[C@@H]1CCCC[C@H]1NC(=O)c1cc(C(F)F)ncn1. The molecule has 2 rings (SSSR count). The smallest absolute Gasteiger partial charge is 0.280 e. The molecular weight excluding hydrogens is 280 g/mol. The number of carbonyl (C=O) groups is 1. The molecule has 2 atom stereocenters. The Kier molecular flexibility index (Phi) is 5.55. The minimum absolute atomic E-state index is 0.0240. The van der Waals surface area contributed by atoms with E-state index in [1.54, 1.807) is 0 Å². The number of hydrogen-bond donors (Lipinski definition) is 1. The van der Waals surface area contributed by atoms with Gasteiger partial charge >= 0.3 is 0 Å². The molecule has 1 aromatic heterocycles. The normalized spacial score (nSPS) is 22.3. The van der Waals surface area contributed by atoms with Gasteiger partial charge in [0.25, 0.3) is 12.3 Å². The molecule has 0 radical (unpaired) electrons. The molecule has 21 heavy (non-hydrogen) atoms. The predicted octanol–water partition coefficient (Wildman–Crippen LogP) is 2.49. The number of alkyl halides is 2. The van der Waals surface area contributed by atoms with Gasteiger partial charge in [-0.2, -0.15) is 0 Å². The highest BCUT2D eigenvalue weighted by molar-refractivity contribution is 5.92. The van der Waals surface area contributed by atoms with E-state index in [1.807, 2.05) is 6.92 Å². The molecule has 1 fully saturated rings. The van der Waals surface area contributed by atoms with Crippen molar-refractivity contribution in [2.24, 2.45) is 0 Å². The first-order chi connectivity index (χ1) is 10.1. The second-order valence-electron chi connectivity index (χ2n) is 4.99. The Labute approximate surface area is 122 Å². The van der Waals surface area contributed by atoms with Crippen LogP contribution in [0.15, 0.2) is 12.4 Å². The average molecular weight is 299 g/mol. The van der Waals surface area contributed by atoms with Crippen LogP contribution in [0.5, 0.6) is 0 Å². The summed E-state index contributed by atoms with van der Waals surface area (Å²) in [6.07, 6.45) is 2.04. The van der Waals surface area contributed by atoms with Gasteiger partial charge in [-0.05, 0) is 25.8 Å². The molecule has 1 amide bonds. The molecule has 0 spiro atoms. The lowest BCUT2D eigenvalue weighted by molar-refractivity contribution is 0.0123. The van der Waals surface area contributed by atoms with Crippen LogP contribution in [0.25, 0.3) is 0 Å². The highest BCUT2D eigenvalue weighted by Gasteiger charge is 2.27. The van der Waals surface area contributed by atoms with Gasteiger partial charge in [-0.1, -0.05) is 12.8 Å². The maximum Gasteiger partial charge on any atom is 0.280 e. The Morgan fingerprint density at radius 3 is 2.90 bits per heavy atom. The minimum Gasteiger partial charge on any atom is -0.376 e. The molecule has 1 aliphatic carbocycles. The number of carbonyl (C=O) groups excluding carboxylic acids is 1. The fourth-order valence-corrected chi connectivity index (χ4v) is 2.53. The van der Waals surface area contributed by atoms with Crippen molar-refractivity contribution in [2.45, 2.75) is 51.2 Å². The molecular formula is C14H19F2N3O2. The first-order valence-electron chi connectivity index (χ1n) is 7.14. The summed E-state index contributed by atoms with van der Waals surface area (Å²) < 4.78 is 30.8. The quantitative estimate of drug-likeness (QED) is 0.907. The van der Waals surface area contributed by atoms with Crippen molar-refractivity contribution in [1.82, 2.24) is 15.3 Å². The Balaban J connectivity index is 2.04. The third kappa shape index (κ3) is 4.17. The maximum atomic E-state index is 12.6. The van der Waals surface area contributed by atoms with Crippen LogP contribution in [0.1, 0.15) is 55.2 Å². The van der Waals surface area contributed by atoms with Gasteiger partial charge < -0.3 is 10.1 Å². The Hall–Kier alpha value is -1.63. The maximum absolute atomic E-state index is 12.6. The second-order valence-corrected chi connectivity index (χ2v) is 4.99. The molecule has 116 valence electrons. The van der Waals surface area contributed by atoms with Gasteiger partial charge in [0, 0.05) is 6.61 Å². The first kappa shape index (κ1) is 15.8. The van der Waals surface area contributed by atoms with E-state index in [2.05, 4.69) is 15.3 Å². The largest absolute Gasteiger partial charge is 0.376 e. The van der Waals surface area contributed by atoms with Crippen molar-refractivity contribution < 1.29 is 18.3 Å². The van der Waals surface area contributed by atoms with Crippen LogP contribution < -0.4 is 5.32 Å². The molecule has 0 bridgehead atoms. The van der Waals surface area contributed by atoms with Gasteiger partial charge in [-0.15, -0.1) is 0 Å². The molecule has 0 unspecified atom stereocenters. The summed E-state index contributed by atoms with van der Waals surface area (Å²) in [6.45, 7) is 2.49. The summed E-state index contributed by atoms with van der Waals surface area (Å²) in [5.74, 6) is -0.462. The number of ether oxygens (including phenoxy) is 1. The van der Waals surface area contributed by atoms with Gasteiger partial charge in [0.15, 0.2) is 0 Å². The van der Waals surface area contributed by atoms with Crippen LogP contribution in [0.3, 0.4) is 0 Å². The molecule has 5 nitrogen and oxygen atoms in total. The van der Waals surface area contributed by atoms with Crippen LogP contribution in [0.2, 0.25) is 0 Å². The molecule has 0 aliphatic heterocycles. The number of amides is 1. The molecule has 1 aliphatic rings. The van der Waals surface area contributed by atoms with Gasteiger partial charge in [-0.3, -0.25) is 4.79 Å². The second kappa shape index (κ2) is 7.40. The van der Waals surface area contributed by atoms with Crippen LogP contribution in [0.4, 0.5) is 8.78 Å². The van der Waals surface area contributed by atoms with E-state index >= 15 is 0 Å². The van der Waals surface area contributed by atoms with Crippen molar-refractivity contribution in [3.8, 4) is 0 Å². The van der Waals surface area contributed by atoms with Crippen molar-refractivity contribution in [2.75, 3.05) is 6.61 Å². The van der Waals surface area contributed by atoms with Crippen LogP contribution in [-0.2, 0) is 4.74 Å². The van der Waals surface area contributed by atoms with Crippen LogP contribution in [0, 0.1) is 0 Å². The lowest BCUT2D eigenvalue weighted by Gasteiger charge is -2.31. The summed E-state index contributed by atoms with van der Waals surface area (Å²) in [4.78, 5) is 19.3. The first-order valence-corrected chi connectivity index (χ1v) is 7.14. The van der Waals surface area contributed by atoms with Crippen molar-refractivity contribution in [1.29, 1.82) is 0 Å². The molecule has 7 heteroatoms. The zero-order chi connectivity index (χ0) is 15.2. The van der Waals surface area contributed by atoms with E-state index in [0.29, 0.717) is 6.61 Å². The van der Waals surface area contributed by atoms with E-state index < -0.39 is 18.0 Å². The lowest BCUT2D eigenvalue weighted by Crippen LogP contribution is -2.46. The number of nitrogens with one attached hydrogen (secondary N) is 1. The topological polar surface area (TPSA) is 64.1 Å². The monoisotopic (exact) mass is 299 g/mol. The van der Waals surface area contributed by atoms with E-state index in [-0.39, 0.29) is 17.8 Å². The Bertz CT molecular complexity index is 483. The summed E-state index contributed by atoms with van der Waals surface area (Å²) in [7, 11) is 0. The number of aromatic nitrogens is 2. The average Bonchev–Trinajstić information content (AvgIpc) is 2.49. The van der Waals surface area contributed by atoms with Crippen molar-refractivity contribution in [3.05, 3.63) is 23.8 Å². The number of rotatable bonds is 5. The molecule has 0 aromatic carbocycles. The Morgan fingerprint density at radius 2 is 2.19 bits per heavy atom. The van der Waals surface area contributed by atoms with Crippen molar-refractivity contribution >= 4 is 5.91 Å². The predicted molar refractivity (Wildman–Crippen MR) is 72.1 cm³/mol. The summed E-state index contributed by atoms with van der Waals surface area (Å²) in [5, 5.41) is 2.84. The summed E-state index contributed by atoms with van der Waals surface area (Å²) in [5.41, 5.74) is -0.485. The fourth-order valence-electron chi connectivity index (χ4n) is 2.53. The molecule has 1 saturated carbocycles. The number of hydrogen-bond acceptors (Lipinski definition) is 4. The van der Waals surface area contributed by atoms with Gasteiger partial charge in [0.1, 0.15) is 17.7 Å². The van der Waals surface area contributed by atoms with Gasteiger partial charge in [0.2, 0.25) is 0 Å². The van der Waals surface area contributed by atoms with Crippen LogP contribution in [-0.4, -0.2) is 34.6 Å². The Morgan fingerprint density at radius 1 is 1.43 bits per heavy atom. The van der Waals surface area contributed by atoms with E-state index in [1.165, 1.54) is 0 Å². The van der Waals surface area contributed by atoms with E-state index in [9.17, 15) is 13.6 Å². The zero-order valence-electron chi connectivity index (χ0n) is 11.9. The van der Waals surface area contributed by atoms with Crippen molar-refractivity contribution in [3.63, 3.8) is 0 Å². The number of halogens is 2. The highest BCUT2D eigenvalue weighted by Crippen LogP contribution is 2.22.